The number of hydrogen-bond acceptors (Lipinski definition) is 4. The first-order valence-corrected chi connectivity index (χ1v) is 8.51. The van der Waals surface area contributed by atoms with Crippen molar-refractivity contribution in [2.24, 2.45) is 0 Å². The van der Waals surface area contributed by atoms with Gasteiger partial charge in [0.15, 0.2) is 10.9 Å². The van der Waals surface area contributed by atoms with Gasteiger partial charge in [0.25, 0.3) is 5.91 Å². The summed E-state index contributed by atoms with van der Waals surface area (Å²) in [4.78, 5) is 12.2. The van der Waals surface area contributed by atoms with Crippen LogP contribution in [-0.2, 0) is 0 Å². The number of carbonyl (C=O) groups is 1. The van der Waals surface area contributed by atoms with E-state index >= 15 is 0 Å². The highest BCUT2D eigenvalue weighted by Crippen LogP contribution is 2.30. The summed E-state index contributed by atoms with van der Waals surface area (Å²) in [6.45, 7) is 0. The van der Waals surface area contributed by atoms with Gasteiger partial charge in [-0.15, -0.1) is 0 Å². The molecule has 0 aliphatic heterocycles. The van der Waals surface area contributed by atoms with Crippen LogP contribution < -0.4 is 15.4 Å². The lowest BCUT2D eigenvalue weighted by Crippen LogP contribution is -2.34. The van der Waals surface area contributed by atoms with E-state index in [9.17, 15) is 4.79 Å². The SMILES string of the molecule is N#Cc1ccc(Oc2ccccc2)c(NC(=S)NC(=O)c2ccccc2)c1. The number of benzene rings is 3. The zero-order chi connectivity index (χ0) is 19.1. The van der Waals surface area contributed by atoms with Gasteiger partial charge in [-0.2, -0.15) is 5.26 Å². The highest BCUT2D eigenvalue weighted by Gasteiger charge is 2.11. The summed E-state index contributed by atoms with van der Waals surface area (Å²) < 4.78 is 5.86. The van der Waals surface area contributed by atoms with Gasteiger partial charge in [-0.1, -0.05) is 36.4 Å². The minimum atomic E-state index is -0.324. The molecule has 132 valence electrons. The maximum atomic E-state index is 12.2. The van der Waals surface area contributed by atoms with E-state index in [1.165, 1.54) is 0 Å². The molecule has 0 radical (unpaired) electrons. The van der Waals surface area contributed by atoms with Gasteiger partial charge < -0.3 is 10.1 Å². The first-order valence-electron chi connectivity index (χ1n) is 8.10. The van der Waals surface area contributed by atoms with Crippen LogP contribution in [0.3, 0.4) is 0 Å². The van der Waals surface area contributed by atoms with Crippen molar-refractivity contribution < 1.29 is 9.53 Å². The molecule has 0 heterocycles. The monoisotopic (exact) mass is 373 g/mol. The number of ether oxygens (including phenoxy) is 1. The molecule has 1 amide bonds. The van der Waals surface area contributed by atoms with Crippen LogP contribution in [0.25, 0.3) is 0 Å². The highest BCUT2D eigenvalue weighted by atomic mass is 32.1. The summed E-state index contributed by atoms with van der Waals surface area (Å²) in [5, 5.41) is 14.8. The summed E-state index contributed by atoms with van der Waals surface area (Å²) in [6.07, 6.45) is 0. The van der Waals surface area contributed by atoms with Gasteiger partial charge in [0.2, 0.25) is 0 Å². The molecule has 0 atom stereocenters. The molecule has 0 spiro atoms. The van der Waals surface area contributed by atoms with Crippen molar-refractivity contribution in [1.29, 1.82) is 5.26 Å². The standard InChI is InChI=1S/C21H15N3O2S/c22-14-15-11-12-19(26-17-9-5-2-6-10-17)18(13-15)23-21(27)24-20(25)16-7-3-1-4-8-16/h1-13H,(H2,23,24,25,27). The van der Waals surface area contributed by atoms with Crippen molar-refractivity contribution in [1.82, 2.24) is 5.32 Å². The minimum absolute atomic E-state index is 0.108. The third kappa shape index (κ3) is 4.91. The van der Waals surface area contributed by atoms with E-state index < -0.39 is 0 Å². The molecule has 0 saturated heterocycles. The average Bonchev–Trinajstić information content (AvgIpc) is 2.70. The molecule has 3 rings (SSSR count). The number of anilines is 1. The molecule has 0 aromatic heterocycles. The van der Waals surface area contributed by atoms with Crippen molar-refractivity contribution in [3.63, 3.8) is 0 Å². The smallest absolute Gasteiger partial charge is 0.257 e. The lowest BCUT2D eigenvalue weighted by atomic mass is 10.2. The van der Waals surface area contributed by atoms with Crippen LogP contribution in [0.2, 0.25) is 0 Å². The van der Waals surface area contributed by atoms with Gasteiger partial charge >= 0.3 is 0 Å². The van der Waals surface area contributed by atoms with Gasteiger partial charge in [0, 0.05) is 5.56 Å². The molecule has 5 nitrogen and oxygen atoms in total. The Kier molecular flexibility index (Phi) is 5.77. The molecule has 3 aromatic carbocycles. The van der Waals surface area contributed by atoms with Crippen LogP contribution >= 0.6 is 12.2 Å². The topological polar surface area (TPSA) is 74.2 Å². The van der Waals surface area contributed by atoms with Crippen molar-refractivity contribution in [3.05, 3.63) is 90.0 Å². The normalized spacial score (nSPS) is 9.74. The van der Waals surface area contributed by atoms with Crippen LogP contribution in [0.4, 0.5) is 5.69 Å². The predicted octanol–water partition coefficient (Wildman–Crippen LogP) is 4.48. The van der Waals surface area contributed by atoms with Crippen LogP contribution in [0, 0.1) is 11.3 Å². The van der Waals surface area contributed by atoms with E-state index in [1.807, 2.05) is 36.4 Å². The summed E-state index contributed by atoms with van der Waals surface area (Å²) >= 11 is 5.23. The number of thiocarbonyl (C=S) groups is 1. The van der Waals surface area contributed by atoms with E-state index in [2.05, 4.69) is 16.7 Å². The number of nitrogens with zero attached hydrogens (tertiary/aromatic N) is 1. The molecule has 0 saturated carbocycles. The zero-order valence-corrected chi connectivity index (χ0v) is 15.0. The van der Waals surface area contributed by atoms with Crippen molar-refractivity contribution in [2.75, 3.05) is 5.32 Å². The summed E-state index contributed by atoms with van der Waals surface area (Å²) in [5.74, 6) is 0.802. The number of carbonyl (C=O) groups excluding carboxylic acids is 1. The minimum Gasteiger partial charge on any atom is -0.455 e. The number of para-hydroxylation sites is 1. The van der Waals surface area contributed by atoms with Gasteiger partial charge in [0.1, 0.15) is 5.75 Å². The molecular formula is C21H15N3O2S. The third-order valence-electron chi connectivity index (χ3n) is 3.59. The Hall–Kier alpha value is -3.69. The predicted molar refractivity (Wildman–Crippen MR) is 108 cm³/mol. The van der Waals surface area contributed by atoms with E-state index in [4.69, 9.17) is 22.2 Å². The van der Waals surface area contributed by atoms with Crippen LogP contribution in [-0.4, -0.2) is 11.0 Å². The molecule has 0 bridgehead atoms. The number of nitrogens with one attached hydrogen (secondary N) is 2. The Morgan fingerprint density at radius 2 is 1.63 bits per heavy atom. The lowest BCUT2D eigenvalue weighted by Gasteiger charge is -2.14. The molecule has 3 aromatic rings. The maximum Gasteiger partial charge on any atom is 0.257 e. The van der Waals surface area contributed by atoms with Crippen LogP contribution in [0.5, 0.6) is 11.5 Å². The molecule has 2 N–H and O–H groups in total. The van der Waals surface area contributed by atoms with Gasteiger partial charge in [0.05, 0.1) is 17.3 Å². The van der Waals surface area contributed by atoms with Crippen LogP contribution in [0.1, 0.15) is 15.9 Å². The number of amides is 1. The lowest BCUT2D eigenvalue weighted by molar-refractivity contribution is 0.0977. The Balaban J connectivity index is 1.77. The number of rotatable bonds is 4. The second-order valence-corrected chi connectivity index (χ2v) is 5.92. The van der Waals surface area contributed by atoms with Crippen molar-refractivity contribution in [3.8, 4) is 17.6 Å². The summed E-state index contributed by atoms with van der Waals surface area (Å²) in [5.41, 5.74) is 1.42. The molecule has 27 heavy (non-hydrogen) atoms. The largest absolute Gasteiger partial charge is 0.455 e. The second kappa shape index (κ2) is 8.61. The quantitative estimate of drug-likeness (QED) is 0.660. The van der Waals surface area contributed by atoms with Crippen molar-refractivity contribution >= 4 is 28.9 Å². The zero-order valence-electron chi connectivity index (χ0n) is 14.2. The first kappa shape index (κ1) is 18.1. The van der Waals surface area contributed by atoms with E-state index in [-0.39, 0.29) is 11.0 Å². The molecule has 0 aliphatic rings. The van der Waals surface area contributed by atoms with Gasteiger partial charge in [-0.3, -0.25) is 10.1 Å². The van der Waals surface area contributed by atoms with Crippen molar-refractivity contribution in [2.45, 2.75) is 0 Å². The number of nitriles is 1. The molecule has 0 unspecified atom stereocenters. The fourth-order valence-electron chi connectivity index (χ4n) is 2.32. The number of hydrogen-bond donors (Lipinski definition) is 2. The Bertz CT molecular complexity index is 999. The molecular weight excluding hydrogens is 358 g/mol. The van der Waals surface area contributed by atoms with E-state index in [0.29, 0.717) is 28.3 Å². The average molecular weight is 373 g/mol. The highest BCUT2D eigenvalue weighted by molar-refractivity contribution is 7.80. The Labute approximate surface area is 162 Å². The summed E-state index contributed by atoms with van der Waals surface area (Å²) in [7, 11) is 0. The Morgan fingerprint density at radius 3 is 2.30 bits per heavy atom. The van der Waals surface area contributed by atoms with Crippen LogP contribution in [0.15, 0.2) is 78.9 Å². The van der Waals surface area contributed by atoms with Gasteiger partial charge in [-0.25, -0.2) is 0 Å². The van der Waals surface area contributed by atoms with E-state index in [1.54, 1.807) is 42.5 Å². The first-order chi connectivity index (χ1) is 13.2. The maximum absolute atomic E-state index is 12.2. The second-order valence-electron chi connectivity index (χ2n) is 5.51. The molecule has 0 aliphatic carbocycles. The Morgan fingerprint density at radius 1 is 0.963 bits per heavy atom. The molecule has 0 fully saturated rings. The summed E-state index contributed by atoms with van der Waals surface area (Å²) in [6, 6.07) is 25.0. The fraction of sp³-hybridized carbons (Fsp3) is 0. The molecule has 6 heteroatoms. The van der Waals surface area contributed by atoms with E-state index in [0.717, 1.165) is 0 Å². The third-order valence-corrected chi connectivity index (χ3v) is 3.80. The van der Waals surface area contributed by atoms with Gasteiger partial charge in [-0.05, 0) is 54.7 Å². The fourth-order valence-corrected chi connectivity index (χ4v) is 2.52.